The largest absolute Gasteiger partial charge is 0.338 e. The predicted octanol–water partition coefficient (Wildman–Crippen LogP) is 4.82. The van der Waals surface area contributed by atoms with Crippen molar-refractivity contribution in [2.45, 2.75) is 58.4 Å². The highest BCUT2D eigenvalue weighted by atomic mass is 32.1. The highest BCUT2D eigenvalue weighted by Crippen LogP contribution is 2.21. The smallest absolute Gasteiger partial charge is 0.262 e. The van der Waals surface area contributed by atoms with Gasteiger partial charge in [-0.3, -0.25) is 14.2 Å². The van der Waals surface area contributed by atoms with E-state index in [-0.39, 0.29) is 11.5 Å². The minimum atomic E-state index is -0.0780. The van der Waals surface area contributed by atoms with Gasteiger partial charge in [-0.25, -0.2) is 0 Å². The molecule has 0 bridgehead atoms. The van der Waals surface area contributed by atoms with Crippen molar-refractivity contribution in [1.29, 1.82) is 0 Å². The zero-order valence-electron chi connectivity index (χ0n) is 17.1. The van der Waals surface area contributed by atoms with Crippen LogP contribution in [0.3, 0.4) is 0 Å². The molecule has 29 heavy (non-hydrogen) atoms. The van der Waals surface area contributed by atoms with E-state index in [1.807, 2.05) is 4.90 Å². The first kappa shape index (κ1) is 20.1. The Bertz CT molecular complexity index is 1070. The van der Waals surface area contributed by atoms with E-state index in [1.54, 1.807) is 22.8 Å². The van der Waals surface area contributed by atoms with Crippen molar-refractivity contribution in [1.82, 2.24) is 14.5 Å². The van der Waals surface area contributed by atoms with E-state index >= 15 is 0 Å². The van der Waals surface area contributed by atoms with Gasteiger partial charge in [0.1, 0.15) is 0 Å². The molecule has 1 fully saturated rings. The van der Waals surface area contributed by atoms with E-state index in [2.05, 4.69) is 18.0 Å². The molecule has 6 heteroatoms. The second kappa shape index (κ2) is 8.66. The van der Waals surface area contributed by atoms with Crippen LogP contribution in [0.4, 0.5) is 0 Å². The third kappa shape index (κ3) is 4.37. The van der Waals surface area contributed by atoms with Gasteiger partial charge in [0.15, 0.2) is 4.77 Å². The SMILES string of the molecule is CC1CCCN(C(=O)c2ccc3c(=O)n(CCC4=CCCCC4)c(=S)[nH]c3c2)C1. The van der Waals surface area contributed by atoms with Crippen molar-refractivity contribution >= 4 is 29.0 Å². The number of carbonyl (C=O) groups excluding carboxylic acids is 1. The maximum absolute atomic E-state index is 13.0. The molecule has 5 nitrogen and oxygen atoms in total. The van der Waals surface area contributed by atoms with E-state index in [1.165, 1.54) is 24.8 Å². The lowest BCUT2D eigenvalue weighted by Crippen LogP contribution is -2.39. The van der Waals surface area contributed by atoms with Crippen molar-refractivity contribution in [2.75, 3.05) is 13.1 Å². The lowest BCUT2D eigenvalue weighted by atomic mass is 9.97. The van der Waals surface area contributed by atoms with Crippen LogP contribution in [-0.4, -0.2) is 33.4 Å². The van der Waals surface area contributed by atoms with Gasteiger partial charge < -0.3 is 9.88 Å². The molecule has 1 N–H and O–H groups in total. The van der Waals surface area contributed by atoms with Crippen molar-refractivity contribution < 1.29 is 4.79 Å². The molecule has 1 unspecified atom stereocenters. The molecular formula is C23H29N3O2S. The molecule has 154 valence electrons. The number of nitrogens with one attached hydrogen (secondary N) is 1. The quantitative estimate of drug-likeness (QED) is 0.579. The topological polar surface area (TPSA) is 58.1 Å². The minimum absolute atomic E-state index is 0.0335. The molecule has 0 spiro atoms. The first-order chi connectivity index (χ1) is 14.0. The van der Waals surface area contributed by atoms with E-state index < -0.39 is 0 Å². The van der Waals surface area contributed by atoms with E-state index in [4.69, 9.17) is 12.2 Å². The van der Waals surface area contributed by atoms with Gasteiger partial charge in [0.2, 0.25) is 0 Å². The fourth-order valence-electron chi connectivity index (χ4n) is 4.53. The Kier molecular flexibility index (Phi) is 5.99. The fraction of sp³-hybridized carbons (Fsp3) is 0.522. The summed E-state index contributed by atoms with van der Waals surface area (Å²) in [5.41, 5.74) is 2.60. The first-order valence-corrected chi connectivity index (χ1v) is 11.2. The second-order valence-corrected chi connectivity index (χ2v) is 8.89. The first-order valence-electron chi connectivity index (χ1n) is 10.8. The number of benzene rings is 1. The Labute approximate surface area is 176 Å². The number of fused-ring (bicyclic) bond motifs is 1. The molecule has 2 heterocycles. The number of aromatic nitrogens is 2. The van der Waals surface area contributed by atoms with Crippen LogP contribution < -0.4 is 5.56 Å². The van der Waals surface area contributed by atoms with Crippen LogP contribution in [0.5, 0.6) is 0 Å². The summed E-state index contributed by atoms with van der Waals surface area (Å²) in [6.07, 6.45) is 10.2. The number of likely N-dealkylation sites (tertiary alicyclic amines) is 1. The Morgan fingerprint density at radius 3 is 2.90 bits per heavy atom. The molecule has 2 aliphatic rings. The van der Waals surface area contributed by atoms with E-state index in [0.717, 1.165) is 38.8 Å². The average Bonchev–Trinajstić information content (AvgIpc) is 2.73. The van der Waals surface area contributed by atoms with Gasteiger partial charge in [-0.1, -0.05) is 18.6 Å². The Balaban J connectivity index is 1.59. The molecule has 1 aromatic carbocycles. The van der Waals surface area contributed by atoms with Crippen molar-refractivity contribution in [3.05, 3.63) is 50.5 Å². The number of piperidine rings is 1. The zero-order chi connectivity index (χ0) is 20.4. The summed E-state index contributed by atoms with van der Waals surface area (Å²) in [5, 5.41) is 0.583. The molecule has 1 atom stereocenters. The third-order valence-corrected chi connectivity index (χ3v) is 6.54. The van der Waals surface area contributed by atoms with Crippen LogP contribution in [0.2, 0.25) is 0 Å². The molecule has 1 saturated heterocycles. The van der Waals surface area contributed by atoms with E-state index in [0.29, 0.717) is 33.7 Å². The van der Waals surface area contributed by atoms with Crippen LogP contribution >= 0.6 is 12.2 Å². The van der Waals surface area contributed by atoms with Crippen molar-refractivity contribution in [2.24, 2.45) is 5.92 Å². The van der Waals surface area contributed by atoms with Crippen LogP contribution in [0.1, 0.15) is 62.2 Å². The van der Waals surface area contributed by atoms with Crippen molar-refractivity contribution in [3.8, 4) is 0 Å². The lowest BCUT2D eigenvalue weighted by molar-refractivity contribution is 0.0683. The van der Waals surface area contributed by atoms with Crippen molar-refractivity contribution in [3.63, 3.8) is 0 Å². The second-order valence-electron chi connectivity index (χ2n) is 8.50. The fourth-order valence-corrected chi connectivity index (χ4v) is 4.82. The predicted molar refractivity (Wildman–Crippen MR) is 119 cm³/mol. The monoisotopic (exact) mass is 411 g/mol. The summed E-state index contributed by atoms with van der Waals surface area (Å²) in [5.74, 6) is 0.566. The number of hydrogen-bond acceptors (Lipinski definition) is 3. The molecule has 1 aromatic heterocycles. The number of hydrogen-bond donors (Lipinski definition) is 1. The number of amides is 1. The van der Waals surface area contributed by atoms with Gasteiger partial charge in [-0.15, -0.1) is 0 Å². The summed E-state index contributed by atoms with van der Waals surface area (Å²) in [6, 6.07) is 5.32. The maximum atomic E-state index is 13.0. The van der Waals surface area contributed by atoms with Gasteiger partial charge in [-0.2, -0.15) is 0 Å². The standard InChI is InChI=1S/C23H29N3O2S/c1-16-6-5-12-25(15-16)21(27)18-9-10-19-20(14-18)24-23(29)26(22(19)28)13-11-17-7-3-2-4-8-17/h7,9-10,14,16H,2-6,8,11-13,15H2,1H3,(H,24,29). The number of allylic oxidation sites excluding steroid dienone is 2. The van der Waals surface area contributed by atoms with Crippen LogP contribution in [-0.2, 0) is 6.54 Å². The minimum Gasteiger partial charge on any atom is -0.338 e. The maximum Gasteiger partial charge on any atom is 0.262 e. The zero-order valence-corrected chi connectivity index (χ0v) is 17.9. The highest BCUT2D eigenvalue weighted by Gasteiger charge is 2.22. The van der Waals surface area contributed by atoms with Crippen LogP contribution in [0.15, 0.2) is 34.6 Å². The third-order valence-electron chi connectivity index (χ3n) is 6.21. The average molecular weight is 412 g/mol. The molecule has 4 rings (SSSR count). The highest BCUT2D eigenvalue weighted by molar-refractivity contribution is 7.71. The Hall–Kier alpha value is -2.21. The van der Waals surface area contributed by atoms with Gasteiger partial charge in [0.25, 0.3) is 11.5 Å². The number of rotatable bonds is 4. The number of nitrogens with zero attached hydrogens (tertiary/aromatic N) is 2. The van der Waals surface area contributed by atoms with Crippen LogP contribution in [0, 0.1) is 10.7 Å². The Morgan fingerprint density at radius 1 is 1.28 bits per heavy atom. The normalized spacial score (nSPS) is 20.0. The number of aromatic amines is 1. The summed E-state index contributed by atoms with van der Waals surface area (Å²) in [4.78, 5) is 31.0. The van der Waals surface area contributed by atoms with E-state index in [9.17, 15) is 9.59 Å². The molecule has 0 saturated carbocycles. The molecule has 1 amide bonds. The number of carbonyl (C=O) groups is 1. The summed E-state index contributed by atoms with van der Waals surface area (Å²) < 4.78 is 2.08. The lowest BCUT2D eigenvalue weighted by Gasteiger charge is -2.31. The molecular weight excluding hydrogens is 382 g/mol. The molecule has 0 radical (unpaired) electrons. The Morgan fingerprint density at radius 2 is 2.14 bits per heavy atom. The number of H-pyrrole nitrogens is 1. The summed E-state index contributed by atoms with van der Waals surface area (Å²) in [6.45, 7) is 4.38. The summed E-state index contributed by atoms with van der Waals surface area (Å²) >= 11 is 5.48. The summed E-state index contributed by atoms with van der Waals surface area (Å²) in [7, 11) is 0. The molecule has 1 aliphatic heterocycles. The molecule has 1 aliphatic carbocycles. The molecule has 2 aromatic rings. The van der Waals surface area contributed by atoms with Gasteiger partial charge in [0.05, 0.1) is 10.9 Å². The van der Waals surface area contributed by atoms with Gasteiger partial charge in [0, 0.05) is 25.2 Å². The van der Waals surface area contributed by atoms with Gasteiger partial charge >= 0.3 is 0 Å². The van der Waals surface area contributed by atoms with Crippen LogP contribution in [0.25, 0.3) is 10.9 Å². The van der Waals surface area contributed by atoms with Gasteiger partial charge in [-0.05, 0) is 81.3 Å².